The molecule has 34 heavy (non-hydrogen) atoms. The Morgan fingerprint density at radius 2 is 1.74 bits per heavy atom. The van der Waals surface area contributed by atoms with E-state index in [2.05, 4.69) is 20.7 Å². The Bertz CT molecular complexity index is 1300. The summed E-state index contributed by atoms with van der Waals surface area (Å²) >= 11 is 0. The lowest BCUT2D eigenvalue weighted by Crippen LogP contribution is -2.17. The Morgan fingerprint density at radius 3 is 2.56 bits per heavy atom. The highest BCUT2D eigenvalue weighted by Gasteiger charge is 2.13. The fourth-order valence-corrected chi connectivity index (χ4v) is 3.27. The molecule has 0 bridgehead atoms. The predicted octanol–water partition coefficient (Wildman–Crippen LogP) is 5.09. The van der Waals surface area contributed by atoms with Crippen LogP contribution in [-0.2, 0) is 6.61 Å². The van der Waals surface area contributed by atoms with Gasteiger partial charge < -0.3 is 9.47 Å². The fraction of sp³-hybridized carbons (Fsp3) is 0.0741. The molecule has 0 aliphatic heterocycles. The van der Waals surface area contributed by atoms with Crippen LogP contribution in [0, 0.1) is 0 Å². The number of para-hydroxylation sites is 2. The van der Waals surface area contributed by atoms with Crippen molar-refractivity contribution in [3.63, 3.8) is 0 Å². The third kappa shape index (κ3) is 5.77. The number of nitrogens with zero attached hydrogens (tertiary/aromatic N) is 2. The van der Waals surface area contributed by atoms with Crippen molar-refractivity contribution >= 4 is 18.2 Å². The highest BCUT2D eigenvalue weighted by molar-refractivity contribution is 5.94. The third-order valence-electron chi connectivity index (χ3n) is 4.96. The maximum Gasteiger partial charge on any atom is 0.289 e. The van der Waals surface area contributed by atoms with Gasteiger partial charge in [-0.15, -0.1) is 0 Å². The molecule has 0 spiro atoms. The number of aromatic nitrogens is 2. The molecule has 0 aliphatic rings. The topological polar surface area (TPSA) is 88.6 Å². The second-order valence-electron chi connectivity index (χ2n) is 7.26. The number of hydrogen-bond acceptors (Lipinski definition) is 5. The summed E-state index contributed by atoms with van der Waals surface area (Å²) in [4.78, 5) is 12.4. The van der Waals surface area contributed by atoms with E-state index in [0.717, 1.165) is 22.4 Å². The van der Waals surface area contributed by atoms with E-state index in [9.17, 15) is 4.79 Å². The lowest BCUT2D eigenvalue weighted by Gasteiger charge is -2.10. The van der Waals surface area contributed by atoms with Crippen LogP contribution in [0.2, 0.25) is 0 Å². The molecule has 0 radical (unpaired) electrons. The monoisotopic (exact) mass is 452 g/mol. The zero-order valence-electron chi connectivity index (χ0n) is 18.6. The molecule has 0 saturated carbocycles. The summed E-state index contributed by atoms with van der Waals surface area (Å²) < 4.78 is 11.3. The van der Waals surface area contributed by atoms with Gasteiger partial charge in [-0.1, -0.05) is 60.7 Å². The molecular formula is C27H24N4O3. The molecule has 7 nitrogen and oxygen atoms in total. The number of ether oxygens (including phenoxy) is 2. The van der Waals surface area contributed by atoms with Crippen molar-refractivity contribution in [2.45, 2.75) is 6.61 Å². The molecule has 7 heteroatoms. The minimum atomic E-state index is -0.400. The summed E-state index contributed by atoms with van der Waals surface area (Å²) in [7, 11) is 1.62. The Labute approximate surface area is 197 Å². The van der Waals surface area contributed by atoms with Crippen LogP contribution in [0.25, 0.3) is 17.3 Å². The smallest absolute Gasteiger partial charge is 0.289 e. The van der Waals surface area contributed by atoms with Gasteiger partial charge in [-0.2, -0.15) is 10.2 Å². The molecule has 1 aromatic heterocycles. The number of rotatable bonds is 9. The van der Waals surface area contributed by atoms with E-state index >= 15 is 0 Å². The van der Waals surface area contributed by atoms with E-state index < -0.39 is 5.91 Å². The zero-order valence-corrected chi connectivity index (χ0v) is 18.6. The van der Waals surface area contributed by atoms with Gasteiger partial charge in [0.15, 0.2) is 0 Å². The number of carbonyl (C=O) groups is 1. The first-order chi connectivity index (χ1) is 16.7. The van der Waals surface area contributed by atoms with Crippen LogP contribution in [-0.4, -0.2) is 29.4 Å². The SMILES string of the molecule is COc1ccccc1/C=C\C=N/NC(=O)c1cc(-c2ccccc2OCc2ccccc2)n[nH]1. The largest absolute Gasteiger partial charge is 0.496 e. The van der Waals surface area contributed by atoms with E-state index in [0.29, 0.717) is 23.7 Å². The number of nitrogens with one attached hydrogen (secondary N) is 2. The Kier molecular flexibility index (Phi) is 7.48. The van der Waals surface area contributed by atoms with Gasteiger partial charge in [0.25, 0.3) is 5.91 Å². The molecule has 4 aromatic rings. The summed E-state index contributed by atoms with van der Waals surface area (Å²) in [6.45, 7) is 0.437. The maximum atomic E-state index is 12.4. The fourth-order valence-electron chi connectivity index (χ4n) is 3.27. The number of methoxy groups -OCH3 is 1. The van der Waals surface area contributed by atoms with Crippen LogP contribution in [0.5, 0.6) is 11.5 Å². The van der Waals surface area contributed by atoms with Crippen molar-refractivity contribution in [1.82, 2.24) is 15.6 Å². The first-order valence-electron chi connectivity index (χ1n) is 10.7. The quantitative estimate of drug-likeness (QED) is 0.273. The molecule has 0 aliphatic carbocycles. The average molecular weight is 453 g/mol. The summed E-state index contributed by atoms with van der Waals surface area (Å²) in [6.07, 6.45) is 5.06. The molecular weight excluding hydrogens is 428 g/mol. The predicted molar refractivity (Wildman–Crippen MR) is 133 cm³/mol. The van der Waals surface area contributed by atoms with Gasteiger partial charge in [0, 0.05) is 17.3 Å². The molecule has 1 heterocycles. The summed E-state index contributed by atoms with van der Waals surface area (Å²) in [6, 6.07) is 26.8. The van der Waals surface area contributed by atoms with Crippen molar-refractivity contribution in [3.8, 4) is 22.8 Å². The minimum Gasteiger partial charge on any atom is -0.496 e. The maximum absolute atomic E-state index is 12.4. The van der Waals surface area contributed by atoms with Crippen LogP contribution in [0.1, 0.15) is 21.6 Å². The van der Waals surface area contributed by atoms with Crippen molar-refractivity contribution in [1.29, 1.82) is 0 Å². The van der Waals surface area contributed by atoms with Crippen molar-refractivity contribution in [2.24, 2.45) is 5.10 Å². The van der Waals surface area contributed by atoms with Crippen LogP contribution in [0.4, 0.5) is 0 Å². The molecule has 0 fully saturated rings. The number of amides is 1. The van der Waals surface area contributed by atoms with E-state index in [1.807, 2.05) is 84.9 Å². The van der Waals surface area contributed by atoms with Crippen LogP contribution in [0.15, 0.2) is 96.1 Å². The summed E-state index contributed by atoms with van der Waals surface area (Å²) in [5.41, 5.74) is 6.15. The standard InChI is InChI=1S/C27H24N4O3/c1-33-25-15-7-5-12-21(25)13-9-17-28-31-27(32)24-18-23(29-30-24)22-14-6-8-16-26(22)34-19-20-10-3-2-4-11-20/h2-18H,19H2,1H3,(H,29,30)(H,31,32)/b13-9-,28-17-. The van der Waals surface area contributed by atoms with Gasteiger partial charge >= 0.3 is 0 Å². The number of hydrazone groups is 1. The highest BCUT2D eigenvalue weighted by atomic mass is 16.5. The van der Waals surface area contributed by atoms with Crippen LogP contribution >= 0.6 is 0 Å². The van der Waals surface area contributed by atoms with Crippen molar-refractivity contribution < 1.29 is 14.3 Å². The highest BCUT2D eigenvalue weighted by Crippen LogP contribution is 2.29. The van der Waals surface area contributed by atoms with Gasteiger partial charge in [0.2, 0.25) is 0 Å². The minimum absolute atomic E-state index is 0.290. The number of hydrogen-bond donors (Lipinski definition) is 2. The average Bonchev–Trinajstić information content (AvgIpc) is 3.38. The zero-order chi connectivity index (χ0) is 23.6. The van der Waals surface area contributed by atoms with Gasteiger partial charge in [-0.25, -0.2) is 5.43 Å². The van der Waals surface area contributed by atoms with Crippen molar-refractivity contribution in [3.05, 3.63) is 108 Å². The number of benzene rings is 3. The van der Waals surface area contributed by atoms with E-state index in [-0.39, 0.29) is 0 Å². The number of carbonyl (C=O) groups excluding carboxylic acids is 1. The Morgan fingerprint density at radius 1 is 1.00 bits per heavy atom. The molecule has 0 atom stereocenters. The van der Waals surface area contributed by atoms with Gasteiger partial charge in [-0.05, 0) is 42.0 Å². The van der Waals surface area contributed by atoms with E-state index in [1.165, 1.54) is 6.21 Å². The van der Waals surface area contributed by atoms with E-state index in [4.69, 9.17) is 9.47 Å². The van der Waals surface area contributed by atoms with Gasteiger partial charge in [0.1, 0.15) is 23.8 Å². The lowest BCUT2D eigenvalue weighted by atomic mass is 10.1. The Hall–Kier alpha value is -4.65. The van der Waals surface area contributed by atoms with Gasteiger partial charge in [-0.3, -0.25) is 9.89 Å². The van der Waals surface area contributed by atoms with Crippen LogP contribution < -0.4 is 14.9 Å². The first kappa shape index (κ1) is 22.5. The molecule has 3 aromatic carbocycles. The molecule has 0 unspecified atom stereocenters. The first-order valence-corrected chi connectivity index (χ1v) is 10.7. The third-order valence-corrected chi connectivity index (χ3v) is 4.96. The molecule has 170 valence electrons. The normalized spacial score (nSPS) is 11.1. The summed E-state index contributed by atoms with van der Waals surface area (Å²) in [5.74, 6) is 1.04. The molecule has 2 N–H and O–H groups in total. The number of H-pyrrole nitrogens is 1. The number of allylic oxidation sites excluding steroid dienone is 1. The second-order valence-corrected chi connectivity index (χ2v) is 7.26. The lowest BCUT2D eigenvalue weighted by molar-refractivity contribution is 0.0950. The molecule has 1 amide bonds. The second kappa shape index (κ2) is 11.3. The Balaban J connectivity index is 1.38. The summed E-state index contributed by atoms with van der Waals surface area (Å²) in [5, 5.41) is 11.0. The molecule has 0 saturated heterocycles. The van der Waals surface area contributed by atoms with Crippen molar-refractivity contribution in [2.75, 3.05) is 7.11 Å². The van der Waals surface area contributed by atoms with Crippen LogP contribution in [0.3, 0.4) is 0 Å². The molecule has 4 rings (SSSR count). The van der Waals surface area contributed by atoms with Gasteiger partial charge in [0.05, 0.1) is 12.8 Å². The van der Waals surface area contributed by atoms with E-state index in [1.54, 1.807) is 19.3 Å². The number of aromatic amines is 1.